The van der Waals surface area contributed by atoms with Crippen molar-refractivity contribution in [1.29, 1.82) is 0 Å². The zero-order valence-electron chi connectivity index (χ0n) is 11.3. The highest BCUT2D eigenvalue weighted by atomic mass is 19.4. The average Bonchev–Trinajstić information content (AvgIpc) is 2.39. The average molecular weight is 300 g/mol. The summed E-state index contributed by atoms with van der Waals surface area (Å²) < 4.78 is 38.0. The number of hydrogen-bond acceptors (Lipinski definition) is 3. The smallest absolute Gasteiger partial charge is 0.416 e. The summed E-state index contributed by atoms with van der Waals surface area (Å²) in [6.07, 6.45) is -1.90. The number of benzene rings is 1. The summed E-state index contributed by atoms with van der Waals surface area (Å²) >= 11 is 0. The van der Waals surface area contributed by atoms with Gasteiger partial charge in [0.1, 0.15) is 0 Å². The number of rotatable bonds is 3. The Hall–Kier alpha value is -2.02. The van der Waals surface area contributed by atoms with Gasteiger partial charge in [-0.05, 0) is 43.0 Å². The number of hydrogen-bond donors (Lipinski definition) is 3. The summed E-state index contributed by atoms with van der Waals surface area (Å²) in [6, 6.07) is 3.77. The molecule has 2 rings (SSSR count). The van der Waals surface area contributed by atoms with Crippen LogP contribution in [0.4, 0.5) is 13.2 Å². The van der Waals surface area contributed by atoms with Crippen LogP contribution in [0, 0.1) is 6.92 Å². The maximum Gasteiger partial charge on any atom is 0.416 e. The van der Waals surface area contributed by atoms with Crippen LogP contribution < -0.4 is 10.9 Å². The van der Waals surface area contributed by atoms with E-state index in [0.29, 0.717) is 12.8 Å². The first-order valence-corrected chi connectivity index (χ1v) is 6.41. The molecule has 0 aromatic heterocycles. The minimum atomic E-state index is -4.34. The molecule has 0 spiro atoms. The number of halogens is 3. The summed E-state index contributed by atoms with van der Waals surface area (Å²) in [5.41, 5.74) is 5.33. The number of aryl methyl sites for hydroxylation is 2. The molecule has 1 aromatic rings. The Morgan fingerprint density at radius 1 is 1.33 bits per heavy atom. The van der Waals surface area contributed by atoms with Crippen molar-refractivity contribution >= 4 is 5.91 Å². The van der Waals surface area contributed by atoms with Crippen LogP contribution in [0.5, 0.6) is 0 Å². The van der Waals surface area contributed by atoms with Gasteiger partial charge in [0.25, 0.3) is 5.91 Å². The van der Waals surface area contributed by atoms with Crippen LogP contribution in [0.1, 0.15) is 23.1 Å². The van der Waals surface area contributed by atoms with Crippen LogP contribution in [0.3, 0.4) is 0 Å². The van der Waals surface area contributed by atoms with Gasteiger partial charge in [-0.25, -0.2) is 5.43 Å². The number of nitrogens with one attached hydrogen (secondary N) is 2. The third kappa shape index (κ3) is 3.75. The molecule has 0 saturated carbocycles. The predicted octanol–water partition coefficient (Wildman–Crippen LogP) is 2.39. The van der Waals surface area contributed by atoms with E-state index < -0.39 is 17.6 Å². The molecule has 0 radical (unpaired) electrons. The largest absolute Gasteiger partial charge is 0.503 e. The molecule has 4 nitrogen and oxygen atoms in total. The van der Waals surface area contributed by atoms with Crippen molar-refractivity contribution in [2.24, 2.45) is 0 Å². The SMILES string of the molecule is Cc1cc(CCC2C=C(O)C(=O)NN2)ccc1C(F)(F)F. The van der Waals surface area contributed by atoms with Crippen molar-refractivity contribution in [2.75, 3.05) is 0 Å². The zero-order chi connectivity index (χ0) is 15.6. The fourth-order valence-electron chi connectivity index (χ4n) is 2.21. The number of hydrazine groups is 1. The van der Waals surface area contributed by atoms with Crippen LogP contribution in [-0.2, 0) is 17.4 Å². The minimum absolute atomic E-state index is 0.184. The van der Waals surface area contributed by atoms with Crippen LogP contribution in [-0.4, -0.2) is 17.1 Å². The fourth-order valence-corrected chi connectivity index (χ4v) is 2.21. The first-order valence-electron chi connectivity index (χ1n) is 6.41. The Labute approximate surface area is 119 Å². The van der Waals surface area contributed by atoms with Crippen molar-refractivity contribution in [3.8, 4) is 0 Å². The second-order valence-electron chi connectivity index (χ2n) is 4.94. The molecule has 0 aliphatic carbocycles. The van der Waals surface area contributed by atoms with Crippen molar-refractivity contribution in [2.45, 2.75) is 32.0 Å². The number of amides is 1. The standard InChI is InChI=1S/C14H15F3N2O2/c1-8-6-9(3-5-11(8)14(15,16)17)2-4-10-7-12(20)13(21)19-18-10/h3,5-7,10,18,20H,2,4H2,1H3,(H,19,21). The summed E-state index contributed by atoms with van der Waals surface area (Å²) in [4.78, 5) is 11.0. The molecule has 114 valence electrons. The molecule has 1 aliphatic rings. The lowest BCUT2D eigenvalue weighted by atomic mass is 9.99. The molecule has 1 atom stereocenters. The van der Waals surface area contributed by atoms with Crippen LogP contribution in [0.2, 0.25) is 0 Å². The van der Waals surface area contributed by atoms with Gasteiger partial charge < -0.3 is 5.11 Å². The Morgan fingerprint density at radius 2 is 2.05 bits per heavy atom. The molecule has 1 aromatic carbocycles. The van der Waals surface area contributed by atoms with E-state index in [-0.39, 0.29) is 17.4 Å². The predicted molar refractivity (Wildman–Crippen MR) is 70.3 cm³/mol. The third-order valence-corrected chi connectivity index (χ3v) is 3.30. The Balaban J connectivity index is 2.02. The lowest BCUT2D eigenvalue weighted by molar-refractivity contribution is -0.138. The normalized spacial score (nSPS) is 19.1. The lowest BCUT2D eigenvalue weighted by Gasteiger charge is -2.20. The van der Waals surface area contributed by atoms with E-state index in [1.807, 2.05) is 0 Å². The number of aliphatic hydroxyl groups excluding tert-OH is 1. The zero-order valence-corrected chi connectivity index (χ0v) is 11.3. The molecule has 0 fully saturated rings. The molecule has 0 saturated heterocycles. The summed E-state index contributed by atoms with van der Waals surface area (Å²) in [7, 11) is 0. The van der Waals surface area contributed by atoms with E-state index >= 15 is 0 Å². The van der Waals surface area contributed by atoms with Crippen molar-refractivity contribution in [1.82, 2.24) is 10.9 Å². The van der Waals surface area contributed by atoms with Gasteiger partial charge in [-0.1, -0.05) is 12.1 Å². The topological polar surface area (TPSA) is 61.4 Å². The molecule has 3 N–H and O–H groups in total. The van der Waals surface area contributed by atoms with Gasteiger partial charge in [-0.15, -0.1) is 0 Å². The van der Waals surface area contributed by atoms with Gasteiger partial charge in [0.2, 0.25) is 0 Å². The van der Waals surface area contributed by atoms with Gasteiger partial charge in [-0.3, -0.25) is 10.2 Å². The molecule has 1 unspecified atom stereocenters. The molecule has 21 heavy (non-hydrogen) atoms. The second-order valence-corrected chi connectivity index (χ2v) is 4.94. The number of carbonyl (C=O) groups excluding carboxylic acids is 1. The number of carbonyl (C=O) groups is 1. The van der Waals surface area contributed by atoms with Gasteiger partial charge in [-0.2, -0.15) is 13.2 Å². The first kappa shape index (κ1) is 15.4. The molecule has 1 aliphatic heterocycles. The van der Waals surface area contributed by atoms with Crippen molar-refractivity contribution < 1.29 is 23.1 Å². The van der Waals surface area contributed by atoms with Crippen LogP contribution >= 0.6 is 0 Å². The van der Waals surface area contributed by atoms with E-state index in [0.717, 1.165) is 11.6 Å². The highest BCUT2D eigenvalue weighted by Crippen LogP contribution is 2.32. The highest BCUT2D eigenvalue weighted by molar-refractivity contribution is 5.91. The molecule has 1 heterocycles. The Kier molecular flexibility index (Phi) is 4.22. The number of alkyl halides is 3. The van der Waals surface area contributed by atoms with Crippen LogP contribution in [0.25, 0.3) is 0 Å². The molecule has 7 heteroatoms. The minimum Gasteiger partial charge on any atom is -0.503 e. The first-order chi connectivity index (χ1) is 9.77. The van der Waals surface area contributed by atoms with E-state index in [1.54, 1.807) is 0 Å². The van der Waals surface area contributed by atoms with E-state index in [2.05, 4.69) is 10.9 Å². The third-order valence-electron chi connectivity index (χ3n) is 3.30. The van der Waals surface area contributed by atoms with Crippen LogP contribution in [0.15, 0.2) is 30.0 Å². The fraction of sp³-hybridized carbons (Fsp3) is 0.357. The van der Waals surface area contributed by atoms with Gasteiger partial charge in [0, 0.05) is 6.04 Å². The molecule has 1 amide bonds. The van der Waals surface area contributed by atoms with Crippen molar-refractivity contribution in [3.63, 3.8) is 0 Å². The van der Waals surface area contributed by atoms with Gasteiger partial charge in [0.15, 0.2) is 5.76 Å². The highest BCUT2D eigenvalue weighted by Gasteiger charge is 2.32. The van der Waals surface area contributed by atoms with Crippen molar-refractivity contribution in [3.05, 3.63) is 46.7 Å². The van der Waals surface area contributed by atoms with E-state index in [1.165, 1.54) is 25.1 Å². The lowest BCUT2D eigenvalue weighted by Crippen LogP contribution is -2.48. The maximum absolute atomic E-state index is 12.7. The summed E-state index contributed by atoms with van der Waals surface area (Å²) in [5, 5.41) is 9.30. The second kappa shape index (κ2) is 5.77. The summed E-state index contributed by atoms with van der Waals surface area (Å²) in [5.74, 6) is -0.959. The Morgan fingerprint density at radius 3 is 2.62 bits per heavy atom. The van der Waals surface area contributed by atoms with E-state index in [9.17, 15) is 23.1 Å². The molecular weight excluding hydrogens is 285 g/mol. The van der Waals surface area contributed by atoms with E-state index in [4.69, 9.17) is 0 Å². The maximum atomic E-state index is 12.7. The van der Waals surface area contributed by atoms with Gasteiger partial charge >= 0.3 is 6.18 Å². The summed E-state index contributed by atoms with van der Waals surface area (Å²) in [6.45, 7) is 1.43. The molecular formula is C14H15F3N2O2. The van der Waals surface area contributed by atoms with Gasteiger partial charge in [0.05, 0.1) is 5.56 Å². The number of aliphatic hydroxyl groups is 1. The molecule has 0 bridgehead atoms. The Bertz CT molecular complexity index is 582. The quantitative estimate of drug-likeness (QED) is 0.803. The monoisotopic (exact) mass is 300 g/mol.